The minimum absolute atomic E-state index is 0.209. The third-order valence-electron chi connectivity index (χ3n) is 4.31. The molecule has 2 rings (SSSR count). The molecule has 0 radical (unpaired) electrons. The molecular weight excluding hydrogens is 384 g/mol. The molecule has 0 unspecified atom stereocenters. The van der Waals surface area contributed by atoms with Gasteiger partial charge < -0.3 is 4.74 Å². The maximum atomic E-state index is 14.0. The van der Waals surface area contributed by atoms with Crippen LogP contribution in [0.5, 0.6) is 0 Å². The molecule has 1 aromatic carbocycles. The molecule has 1 aromatic rings. The Balaban J connectivity index is 2.15. The molecule has 0 saturated heterocycles. The lowest BCUT2D eigenvalue weighted by Crippen LogP contribution is -2.45. The van der Waals surface area contributed by atoms with Crippen molar-refractivity contribution in [2.75, 3.05) is 6.61 Å². The van der Waals surface area contributed by atoms with Gasteiger partial charge in [-0.15, -0.1) is 0 Å². The van der Waals surface area contributed by atoms with Crippen LogP contribution in [-0.2, 0) is 10.8 Å². The zero-order valence-electron chi connectivity index (χ0n) is 14.4. The maximum absolute atomic E-state index is 14.0. The lowest BCUT2D eigenvalue weighted by atomic mass is 9.88. The number of allylic oxidation sites excluding steroid dienone is 3. The molecule has 0 saturated carbocycles. The van der Waals surface area contributed by atoms with E-state index < -0.39 is 59.3 Å². The van der Waals surface area contributed by atoms with E-state index >= 15 is 0 Å². The monoisotopic (exact) mass is 400 g/mol. The Kier molecular flexibility index (Phi) is 5.75. The zero-order chi connectivity index (χ0) is 20.6. The molecule has 0 aromatic heterocycles. The van der Waals surface area contributed by atoms with Crippen molar-refractivity contribution in [3.63, 3.8) is 0 Å². The number of rotatable bonds is 6. The average Bonchev–Trinajstić information content (AvgIpc) is 2.56. The molecule has 0 atom stereocenters. The van der Waals surface area contributed by atoms with Crippen LogP contribution < -0.4 is 0 Å². The summed E-state index contributed by atoms with van der Waals surface area (Å²) >= 11 is 0. The Hall–Kier alpha value is -1.90. The summed E-state index contributed by atoms with van der Waals surface area (Å²) in [7, 11) is 0. The number of alkyl halides is 6. The molecule has 0 spiro atoms. The third-order valence-corrected chi connectivity index (χ3v) is 4.31. The Morgan fingerprint density at radius 1 is 0.926 bits per heavy atom. The molecule has 9 heteroatoms. The van der Waals surface area contributed by atoms with Crippen molar-refractivity contribution >= 4 is 0 Å². The molecule has 1 aliphatic carbocycles. The molecule has 0 fully saturated rings. The van der Waals surface area contributed by atoms with Crippen molar-refractivity contribution in [1.82, 2.24) is 0 Å². The second-order valence-corrected chi connectivity index (χ2v) is 6.06. The highest BCUT2D eigenvalue weighted by Gasteiger charge is 2.61. The number of hydrogen-bond donors (Lipinski definition) is 0. The lowest BCUT2D eigenvalue weighted by Gasteiger charge is -2.33. The first kappa shape index (κ1) is 21.4. The van der Waals surface area contributed by atoms with Gasteiger partial charge >= 0.3 is 18.0 Å². The van der Waals surface area contributed by atoms with Crippen molar-refractivity contribution in [2.45, 2.75) is 44.6 Å². The second kappa shape index (κ2) is 7.26. The van der Waals surface area contributed by atoms with Crippen LogP contribution in [-0.4, -0.2) is 18.5 Å². The highest BCUT2D eigenvalue weighted by Crippen LogP contribution is 2.49. The number of benzene rings is 1. The zero-order valence-corrected chi connectivity index (χ0v) is 14.4. The topological polar surface area (TPSA) is 9.23 Å². The van der Waals surface area contributed by atoms with Gasteiger partial charge in [0.2, 0.25) is 0 Å². The van der Waals surface area contributed by atoms with E-state index in [9.17, 15) is 35.1 Å². The fourth-order valence-electron chi connectivity index (χ4n) is 2.63. The van der Waals surface area contributed by atoms with Crippen molar-refractivity contribution in [3.05, 3.63) is 58.2 Å². The van der Waals surface area contributed by atoms with Crippen LogP contribution in [0.3, 0.4) is 0 Å². The number of aryl methyl sites for hydroxylation is 1. The van der Waals surface area contributed by atoms with E-state index in [0.29, 0.717) is 6.07 Å². The van der Waals surface area contributed by atoms with Gasteiger partial charge in [0.25, 0.3) is 0 Å². The van der Waals surface area contributed by atoms with E-state index in [4.69, 9.17) is 0 Å². The SMILES string of the molecule is CCC1=CC=C(CCOC(F)(F)c2ccc(C)c(F)c2F)C(F)(F)C1(F)F. The second-order valence-electron chi connectivity index (χ2n) is 6.06. The Morgan fingerprint density at radius 3 is 2.07 bits per heavy atom. The minimum Gasteiger partial charge on any atom is -0.316 e. The Labute approximate surface area is 150 Å². The normalized spacial score (nSPS) is 18.9. The quantitative estimate of drug-likeness (QED) is 0.511. The predicted molar refractivity (Wildman–Crippen MR) is 81.9 cm³/mol. The summed E-state index contributed by atoms with van der Waals surface area (Å²) < 4.78 is 115. The van der Waals surface area contributed by atoms with Crippen LogP contribution in [0, 0.1) is 18.6 Å². The van der Waals surface area contributed by atoms with E-state index in [1.54, 1.807) is 0 Å². The van der Waals surface area contributed by atoms with Gasteiger partial charge in [0.05, 0.1) is 12.2 Å². The van der Waals surface area contributed by atoms with Gasteiger partial charge in [0, 0.05) is 11.1 Å². The van der Waals surface area contributed by atoms with Crippen molar-refractivity contribution in [1.29, 1.82) is 0 Å². The summed E-state index contributed by atoms with van der Waals surface area (Å²) in [5.74, 6) is -12.3. The van der Waals surface area contributed by atoms with Gasteiger partial charge in [-0.05, 0) is 31.4 Å². The molecular formula is C18H16F8O. The van der Waals surface area contributed by atoms with Gasteiger partial charge in [-0.3, -0.25) is 0 Å². The maximum Gasteiger partial charge on any atom is 0.386 e. The summed E-state index contributed by atoms with van der Waals surface area (Å²) in [6.07, 6.45) is -4.01. The van der Waals surface area contributed by atoms with E-state index in [2.05, 4.69) is 4.74 Å². The molecule has 0 aliphatic heterocycles. The fourth-order valence-corrected chi connectivity index (χ4v) is 2.63. The van der Waals surface area contributed by atoms with E-state index in [0.717, 1.165) is 25.1 Å². The standard InChI is InChI=1S/C18H16F8O/c1-3-11-5-6-12(17(23,24)16(11,21)22)8-9-27-18(25,26)13-7-4-10(2)14(19)15(13)20/h4-7H,3,8-9H2,1-2H3. The van der Waals surface area contributed by atoms with Crippen LogP contribution in [0.15, 0.2) is 35.4 Å². The van der Waals surface area contributed by atoms with Crippen LogP contribution in [0.4, 0.5) is 35.1 Å². The average molecular weight is 400 g/mol. The first-order valence-corrected chi connectivity index (χ1v) is 7.99. The summed E-state index contributed by atoms with van der Waals surface area (Å²) in [5.41, 5.74) is -3.48. The van der Waals surface area contributed by atoms with E-state index in [1.807, 2.05) is 0 Å². The predicted octanol–water partition coefficient (Wildman–Crippen LogP) is 6.28. The van der Waals surface area contributed by atoms with Crippen LogP contribution in [0.2, 0.25) is 0 Å². The lowest BCUT2D eigenvalue weighted by molar-refractivity contribution is -0.251. The molecule has 0 heterocycles. The highest BCUT2D eigenvalue weighted by molar-refractivity contribution is 5.37. The number of halogens is 8. The first-order valence-electron chi connectivity index (χ1n) is 7.99. The van der Waals surface area contributed by atoms with Crippen molar-refractivity contribution in [3.8, 4) is 0 Å². The molecule has 150 valence electrons. The summed E-state index contributed by atoms with van der Waals surface area (Å²) in [6, 6.07) is 1.51. The van der Waals surface area contributed by atoms with E-state index in [-0.39, 0.29) is 12.0 Å². The Bertz CT molecular complexity index is 780. The summed E-state index contributed by atoms with van der Waals surface area (Å²) in [6.45, 7) is 1.35. The largest absolute Gasteiger partial charge is 0.386 e. The van der Waals surface area contributed by atoms with E-state index in [1.165, 1.54) is 6.92 Å². The minimum atomic E-state index is -4.56. The van der Waals surface area contributed by atoms with Gasteiger partial charge in [-0.2, -0.15) is 26.3 Å². The smallest absolute Gasteiger partial charge is 0.316 e. The van der Waals surface area contributed by atoms with Crippen molar-refractivity contribution in [2.24, 2.45) is 0 Å². The highest BCUT2D eigenvalue weighted by atomic mass is 19.3. The summed E-state index contributed by atoms with van der Waals surface area (Å²) in [4.78, 5) is 0. The van der Waals surface area contributed by atoms with Gasteiger partial charge in [0.15, 0.2) is 11.6 Å². The van der Waals surface area contributed by atoms with Gasteiger partial charge in [-0.1, -0.05) is 25.1 Å². The molecule has 1 aliphatic rings. The molecule has 0 bridgehead atoms. The van der Waals surface area contributed by atoms with Crippen LogP contribution in [0.25, 0.3) is 0 Å². The van der Waals surface area contributed by atoms with Gasteiger partial charge in [-0.25, -0.2) is 8.78 Å². The third kappa shape index (κ3) is 3.74. The molecule has 1 nitrogen and oxygen atoms in total. The molecule has 0 N–H and O–H groups in total. The first-order chi connectivity index (χ1) is 12.4. The summed E-state index contributed by atoms with van der Waals surface area (Å²) in [5, 5.41) is 0. The number of hydrogen-bond acceptors (Lipinski definition) is 1. The van der Waals surface area contributed by atoms with Crippen LogP contribution in [0.1, 0.15) is 30.9 Å². The van der Waals surface area contributed by atoms with Crippen molar-refractivity contribution < 1.29 is 39.9 Å². The molecule has 0 amide bonds. The number of ether oxygens (including phenoxy) is 1. The molecule has 27 heavy (non-hydrogen) atoms. The Morgan fingerprint density at radius 2 is 1.48 bits per heavy atom. The van der Waals surface area contributed by atoms with Gasteiger partial charge in [0.1, 0.15) is 0 Å². The fraction of sp³-hybridized carbons (Fsp3) is 0.444. The van der Waals surface area contributed by atoms with Crippen LogP contribution >= 0.6 is 0 Å².